The van der Waals surface area contributed by atoms with Gasteiger partial charge in [-0.2, -0.15) is 0 Å². The zero-order chi connectivity index (χ0) is 16.8. The van der Waals surface area contributed by atoms with Gasteiger partial charge in [0.2, 0.25) is 0 Å². The van der Waals surface area contributed by atoms with Crippen molar-refractivity contribution >= 4 is 17.2 Å². The lowest BCUT2D eigenvalue weighted by atomic mass is 10.2. The molecule has 0 saturated carbocycles. The van der Waals surface area contributed by atoms with Crippen LogP contribution in [0.1, 0.15) is 11.3 Å². The van der Waals surface area contributed by atoms with Crippen molar-refractivity contribution in [2.45, 2.75) is 6.54 Å². The monoisotopic (exact) mass is 320 g/mol. The Kier molecular flexibility index (Phi) is 4.67. The van der Waals surface area contributed by atoms with Crippen LogP contribution in [-0.4, -0.2) is 9.55 Å². The topological polar surface area (TPSA) is 93.9 Å². The summed E-state index contributed by atoms with van der Waals surface area (Å²) in [7, 11) is 0. The molecular formula is C18H20N6. The van der Waals surface area contributed by atoms with Crippen LogP contribution in [0.3, 0.4) is 0 Å². The Balaban J connectivity index is 1.67. The van der Waals surface area contributed by atoms with Gasteiger partial charge >= 0.3 is 0 Å². The first-order valence-electron chi connectivity index (χ1n) is 7.61. The van der Waals surface area contributed by atoms with E-state index in [-0.39, 0.29) is 0 Å². The van der Waals surface area contributed by atoms with Gasteiger partial charge in [0.25, 0.3) is 0 Å². The third-order valence-electron chi connectivity index (χ3n) is 3.57. The lowest BCUT2D eigenvalue weighted by Gasteiger charge is -2.08. The van der Waals surface area contributed by atoms with E-state index in [1.54, 1.807) is 12.5 Å². The van der Waals surface area contributed by atoms with Crippen molar-refractivity contribution in [3.05, 3.63) is 84.4 Å². The van der Waals surface area contributed by atoms with Gasteiger partial charge in [0.15, 0.2) is 0 Å². The summed E-state index contributed by atoms with van der Waals surface area (Å²) in [4.78, 5) is 4.31. The van der Waals surface area contributed by atoms with Gasteiger partial charge in [-0.15, -0.1) is 0 Å². The number of hydrazine groups is 1. The Morgan fingerprint density at radius 3 is 2.42 bits per heavy atom. The van der Waals surface area contributed by atoms with E-state index >= 15 is 0 Å². The van der Waals surface area contributed by atoms with E-state index in [1.807, 2.05) is 65.2 Å². The summed E-state index contributed by atoms with van der Waals surface area (Å²) in [5.41, 5.74) is 21.3. The molecule has 0 radical (unpaired) electrons. The summed E-state index contributed by atoms with van der Waals surface area (Å²) < 4.78 is 1.87. The van der Waals surface area contributed by atoms with Crippen LogP contribution in [0.15, 0.2) is 73.2 Å². The smallest absolute Gasteiger partial charge is 0.133 e. The minimum atomic E-state index is 0.461. The predicted molar refractivity (Wildman–Crippen MR) is 97.5 cm³/mol. The summed E-state index contributed by atoms with van der Waals surface area (Å²) in [5, 5.41) is 0. The summed E-state index contributed by atoms with van der Waals surface area (Å²) in [6.45, 7) is 0.655. The summed E-state index contributed by atoms with van der Waals surface area (Å²) in [5.74, 6) is 0.536. The van der Waals surface area contributed by atoms with Gasteiger partial charge in [0.1, 0.15) is 11.5 Å². The largest absolute Gasteiger partial charge is 0.396 e. The van der Waals surface area contributed by atoms with E-state index in [0.717, 1.165) is 11.3 Å². The third-order valence-corrected chi connectivity index (χ3v) is 3.57. The van der Waals surface area contributed by atoms with Crippen LogP contribution < -0.4 is 22.3 Å². The molecule has 1 heterocycles. The first-order valence-corrected chi connectivity index (χ1v) is 7.61. The normalized spacial score (nSPS) is 11.2. The molecule has 0 amide bonds. The molecule has 3 rings (SSSR count). The maximum atomic E-state index is 6.17. The highest BCUT2D eigenvalue weighted by Crippen LogP contribution is 2.17. The van der Waals surface area contributed by atoms with Crippen molar-refractivity contribution < 1.29 is 0 Å². The highest BCUT2D eigenvalue weighted by atomic mass is 15.3. The number of anilines is 2. The quantitative estimate of drug-likeness (QED) is 0.523. The first kappa shape index (κ1) is 15.5. The van der Waals surface area contributed by atoms with E-state index < -0.39 is 0 Å². The van der Waals surface area contributed by atoms with E-state index in [4.69, 9.17) is 11.5 Å². The number of imidazole rings is 1. The van der Waals surface area contributed by atoms with Crippen LogP contribution in [-0.2, 0) is 6.54 Å². The van der Waals surface area contributed by atoms with Crippen LogP contribution in [0.5, 0.6) is 0 Å². The second-order valence-electron chi connectivity index (χ2n) is 5.33. The molecule has 2 aromatic carbocycles. The fourth-order valence-corrected chi connectivity index (χ4v) is 2.31. The van der Waals surface area contributed by atoms with Crippen molar-refractivity contribution in [1.29, 1.82) is 0 Å². The van der Waals surface area contributed by atoms with Gasteiger partial charge < -0.3 is 26.9 Å². The average Bonchev–Trinajstić information content (AvgIpc) is 2.97. The summed E-state index contributed by atoms with van der Waals surface area (Å²) in [6, 6.07) is 19.8. The number of benzene rings is 2. The van der Waals surface area contributed by atoms with Gasteiger partial charge in [-0.3, -0.25) is 0 Å². The van der Waals surface area contributed by atoms with Gasteiger partial charge in [-0.05, 0) is 17.7 Å². The molecule has 0 atom stereocenters. The lowest BCUT2D eigenvalue weighted by molar-refractivity contribution is 0.808. The molecule has 0 fully saturated rings. The second kappa shape index (κ2) is 7.23. The second-order valence-corrected chi connectivity index (χ2v) is 5.33. The molecule has 0 aliphatic carbocycles. The molecule has 0 unspecified atom stereocenters. The SMILES string of the molecule is N/C(=C\NNc1ccccc1)c1ncn(Cc2ccccc2)c1N. The Morgan fingerprint density at radius 1 is 1.04 bits per heavy atom. The van der Waals surface area contributed by atoms with Crippen molar-refractivity contribution in [2.75, 3.05) is 11.2 Å². The van der Waals surface area contributed by atoms with Crippen LogP contribution >= 0.6 is 0 Å². The van der Waals surface area contributed by atoms with Crippen molar-refractivity contribution in [3.8, 4) is 0 Å². The van der Waals surface area contributed by atoms with E-state index in [1.165, 1.54) is 0 Å². The first-order chi connectivity index (χ1) is 11.7. The standard InChI is InChI=1S/C18H20N6/c19-16(11-22-23-15-9-5-2-6-10-15)17-18(20)24(13-21-17)12-14-7-3-1-4-8-14/h1-11,13,22-23H,12,19-20H2/b16-11-. The maximum absolute atomic E-state index is 6.17. The number of aromatic nitrogens is 2. The zero-order valence-corrected chi connectivity index (χ0v) is 13.2. The fourth-order valence-electron chi connectivity index (χ4n) is 2.31. The fraction of sp³-hybridized carbons (Fsp3) is 0.0556. The molecule has 6 heteroatoms. The molecule has 3 aromatic rings. The van der Waals surface area contributed by atoms with Crippen LogP contribution in [0.2, 0.25) is 0 Å². The van der Waals surface area contributed by atoms with Crippen molar-refractivity contribution in [1.82, 2.24) is 15.0 Å². The summed E-state index contributed by atoms with van der Waals surface area (Å²) in [6.07, 6.45) is 3.33. The van der Waals surface area contributed by atoms with E-state index in [2.05, 4.69) is 15.8 Å². The molecule has 122 valence electrons. The Morgan fingerprint density at radius 2 is 1.71 bits per heavy atom. The van der Waals surface area contributed by atoms with Crippen LogP contribution in [0, 0.1) is 0 Å². The predicted octanol–water partition coefficient (Wildman–Crippen LogP) is 2.39. The van der Waals surface area contributed by atoms with Gasteiger partial charge in [-0.1, -0.05) is 48.5 Å². The molecule has 1 aromatic heterocycles. The number of nitrogens with two attached hydrogens (primary N) is 2. The van der Waals surface area contributed by atoms with Gasteiger partial charge in [0.05, 0.1) is 24.3 Å². The molecule has 0 spiro atoms. The maximum Gasteiger partial charge on any atom is 0.133 e. The molecule has 0 saturated heterocycles. The lowest BCUT2D eigenvalue weighted by Crippen LogP contribution is -2.17. The Hall–Kier alpha value is -3.41. The summed E-state index contributed by atoms with van der Waals surface area (Å²) >= 11 is 0. The third kappa shape index (κ3) is 3.67. The number of rotatable bonds is 6. The molecule has 6 nitrogen and oxygen atoms in total. The van der Waals surface area contributed by atoms with Crippen molar-refractivity contribution in [2.24, 2.45) is 5.73 Å². The van der Waals surface area contributed by atoms with E-state index in [9.17, 15) is 0 Å². The molecular weight excluding hydrogens is 300 g/mol. The molecule has 24 heavy (non-hydrogen) atoms. The number of hydrogen-bond donors (Lipinski definition) is 4. The van der Waals surface area contributed by atoms with Crippen molar-refractivity contribution in [3.63, 3.8) is 0 Å². The zero-order valence-electron chi connectivity index (χ0n) is 13.2. The van der Waals surface area contributed by atoms with Gasteiger partial charge in [-0.25, -0.2) is 4.98 Å². The highest BCUT2D eigenvalue weighted by molar-refractivity contribution is 5.68. The minimum absolute atomic E-state index is 0.461. The molecule has 0 aliphatic heterocycles. The molecule has 0 bridgehead atoms. The average molecular weight is 320 g/mol. The number of nitrogens with zero attached hydrogens (tertiary/aromatic N) is 2. The van der Waals surface area contributed by atoms with Crippen LogP contribution in [0.4, 0.5) is 11.5 Å². The number of para-hydroxylation sites is 1. The van der Waals surface area contributed by atoms with Gasteiger partial charge in [0, 0.05) is 6.20 Å². The highest BCUT2D eigenvalue weighted by Gasteiger charge is 2.10. The minimum Gasteiger partial charge on any atom is -0.396 e. The van der Waals surface area contributed by atoms with E-state index in [0.29, 0.717) is 23.8 Å². The van der Waals surface area contributed by atoms with Crippen LogP contribution in [0.25, 0.3) is 5.70 Å². The number of hydrogen-bond acceptors (Lipinski definition) is 5. The number of nitrogens with one attached hydrogen (secondary N) is 2. The Labute approximate surface area is 140 Å². The number of nitrogen functional groups attached to an aromatic ring is 1. The Bertz CT molecular complexity index is 808. The molecule has 0 aliphatic rings. The molecule has 6 N–H and O–H groups in total.